The van der Waals surface area contributed by atoms with Gasteiger partial charge in [0.1, 0.15) is 15.7 Å². The molecule has 1 atom stereocenters. The molecule has 3 aromatic heterocycles. The molecule has 14 heteroatoms. The second-order valence-electron chi connectivity index (χ2n) is 8.62. The van der Waals surface area contributed by atoms with Gasteiger partial charge < -0.3 is 10.6 Å². The van der Waals surface area contributed by atoms with E-state index in [2.05, 4.69) is 30.7 Å². The summed E-state index contributed by atoms with van der Waals surface area (Å²) in [6, 6.07) is 0.120. The Labute approximate surface area is 230 Å². The molecule has 0 aromatic carbocycles. The van der Waals surface area contributed by atoms with Crippen LogP contribution in [-0.4, -0.2) is 37.3 Å². The van der Waals surface area contributed by atoms with Crippen LogP contribution in [0, 0.1) is 0 Å². The van der Waals surface area contributed by atoms with Gasteiger partial charge in [0.2, 0.25) is 5.91 Å². The standard InChI is InChI=1S/C25H23ClF3N7O2S/c1-14(34-22(37)15-6-4-3-5-7-30-19(8-15)16-10-33-36(2)13-16)24-32-12-20(39-24)23(38)35-21-9-17(25(27,28)29)18(26)11-31-21/h5,7-14H,3-4,6H2,1-2H3,(H,34,37)(H,31,35,38)/b7-5-,15-8+,30-19-/t14-/m1/s1. The number of aromatic nitrogens is 4. The van der Waals surface area contributed by atoms with Crippen LogP contribution in [0.1, 0.15) is 58.0 Å². The zero-order chi connectivity index (χ0) is 28.2. The number of thiazole rings is 1. The number of hydrogen-bond acceptors (Lipinski definition) is 7. The maximum absolute atomic E-state index is 13.2. The van der Waals surface area contributed by atoms with Crippen LogP contribution in [0.2, 0.25) is 5.02 Å². The number of alkyl halides is 3. The first-order chi connectivity index (χ1) is 18.5. The zero-order valence-corrected chi connectivity index (χ0v) is 22.4. The van der Waals surface area contributed by atoms with E-state index < -0.39 is 28.7 Å². The maximum atomic E-state index is 13.2. The molecule has 2 amide bonds. The van der Waals surface area contributed by atoms with Crippen molar-refractivity contribution in [2.24, 2.45) is 12.0 Å². The van der Waals surface area contributed by atoms with Crippen molar-refractivity contribution in [1.82, 2.24) is 25.1 Å². The van der Waals surface area contributed by atoms with Gasteiger partial charge in [-0.25, -0.2) is 9.97 Å². The van der Waals surface area contributed by atoms with Gasteiger partial charge in [0.05, 0.1) is 34.7 Å². The van der Waals surface area contributed by atoms with Crippen molar-refractivity contribution in [3.05, 3.63) is 80.8 Å². The zero-order valence-electron chi connectivity index (χ0n) is 20.8. The second kappa shape index (κ2) is 11.9. The fraction of sp³-hybridized carbons (Fsp3) is 0.280. The molecule has 4 rings (SSSR count). The number of rotatable bonds is 6. The molecule has 0 bridgehead atoms. The van der Waals surface area contributed by atoms with Crippen LogP contribution in [0.4, 0.5) is 19.0 Å². The molecule has 0 unspecified atom stereocenters. The van der Waals surface area contributed by atoms with Gasteiger partial charge in [0.25, 0.3) is 5.91 Å². The first-order valence-electron chi connectivity index (χ1n) is 11.7. The summed E-state index contributed by atoms with van der Waals surface area (Å²) in [7, 11) is 1.79. The molecule has 1 aliphatic rings. The number of hydrogen-bond donors (Lipinski definition) is 2. The minimum atomic E-state index is -4.70. The van der Waals surface area contributed by atoms with Crippen LogP contribution in [0.15, 0.2) is 59.8 Å². The third-order valence-electron chi connectivity index (χ3n) is 5.61. The Kier molecular flexibility index (Phi) is 8.60. The van der Waals surface area contributed by atoms with Crippen molar-refractivity contribution in [2.75, 3.05) is 5.32 Å². The summed E-state index contributed by atoms with van der Waals surface area (Å²) in [4.78, 5) is 38.4. The number of aliphatic imine (C=N–C) groups is 1. The summed E-state index contributed by atoms with van der Waals surface area (Å²) in [5.41, 5.74) is 0.812. The smallest absolute Gasteiger partial charge is 0.343 e. The molecule has 9 nitrogen and oxygen atoms in total. The molecule has 4 heterocycles. The van der Waals surface area contributed by atoms with Gasteiger partial charge in [-0.2, -0.15) is 18.3 Å². The number of anilines is 1. The fourth-order valence-corrected chi connectivity index (χ4v) is 4.65. The Morgan fingerprint density at radius 3 is 2.69 bits per heavy atom. The number of carbonyl (C=O) groups excluding carboxylic acids is 2. The van der Waals surface area contributed by atoms with Gasteiger partial charge in [-0.3, -0.25) is 19.3 Å². The Balaban J connectivity index is 1.45. The number of aryl methyl sites for hydroxylation is 1. The van der Waals surface area contributed by atoms with Crippen molar-refractivity contribution in [3.8, 4) is 0 Å². The molecule has 0 saturated heterocycles. The maximum Gasteiger partial charge on any atom is 0.418 e. The van der Waals surface area contributed by atoms with Gasteiger partial charge in [0.15, 0.2) is 0 Å². The molecular formula is C25H23ClF3N7O2S. The molecule has 2 N–H and O–H groups in total. The normalized spacial score (nSPS) is 18.4. The lowest BCUT2D eigenvalue weighted by Gasteiger charge is -2.14. The SMILES string of the molecule is C[C@@H](NC(=O)/C1=C/C(c2cnn(C)c2)=N/C=C\CCC1)c1ncc(C(=O)Nc2cc(C(F)(F)F)c(Cl)cn2)s1. The number of carbonyl (C=O) groups is 2. The predicted molar refractivity (Wildman–Crippen MR) is 142 cm³/mol. The monoisotopic (exact) mass is 577 g/mol. The third kappa shape index (κ3) is 7.18. The van der Waals surface area contributed by atoms with Crippen LogP contribution in [0.3, 0.4) is 0 Å². The van der Waals surface area contributed by atoms with E-state index in [-0.39, 0.29) is 16.6 Å². The van der Waals surface area contributed by atoms with Gasteiger partial charge in [0, 0.05) is 36.8 Å². The first kappa shape index (κ1) is 28.2. The summed E-state index contributed by atoms with van der Waals surface area (Å²) in [6.07, 6.45) is 8.35. The van der Waals surface area contributed by atoms with Gasteiger partial charge in [-0.1, -0.05) is 17.7 Å². The van der Waals surface area contributed by atoms with Crippen molar-refractivity contribution < 1.29 is 22.8 Å². The minimum Gasteiger partial charge on any atom is -0.343 e. The topological polar surface area (TPSA) is 114 Å². The Morgan fingerprint density at radius 2 is 1.97 bits per heavy atom. The average molecular weight is 578 g/mol. The Morgan fingerprint density at radius 1 is 1.18 bits per heavy atom. The third-order valence-corrected chi connectivity index (χ3v) is 7.09. The summed E-state index contributed by atoms with van der Waals surface area (Å²) in [5, 5.41) is 9.27. The van der Waals surface area contributed by atoms with E-state index in [1.165, 1.54) is 6.20 Å². The highest BCUT2D eigenvalue weighted by Crippen LogP contribution is 2.35. The lowest BCUT2D eigenvalue weighted by atomic mass is 10.0. The van der Waals surface area contributed by atoms with Crippen LogP contribution in [-0.2, 0) is 18.0 Å². The van der Waals surface area contributed by atoms with E-state index in [4.69, 9.17) is 11.6 Å². The van der Waals surface area contributed by atoms with E-state index in [0.717, 1.165) is 35.9 Å². The van der Waals surface area contributed by atoms with E-state index in [1.807, 2.05) is 12.3 Å². The number of nitrogens with one attached hydrogen (secondary N) is 2. The van der Waals surface area contributed by atoms with E-state index in [0.29, 0.717) is 28.8 Å². The van der Waals surface area contributed by atoms with Crippen molar-refractivity contribution in [2.45, 2.75) is 38.4 Å². The number of amides is 2. The summed E-state index contributed by atoms with van der Waals surface area (Å²) in [6.45, 7) is 1.72. The molecule has 0 fully saturated rings. The van der Waals surface area contributed by atoms with E-state index >= 15 is 0 Å². The van der Waals surface area contributed by atoms with E-state index in [1.54, 1.807) is 37.1 Å². The number of allylic oxidation sites excluding steroid dienone is 2. The fourth-order valence-electron chi connectivity index (χ4n) is 3.63. The Bertz CT molecular complexity index is 1480. The summed E-state index contributed by atoms with van der Waals surface area (Å²) >= 11 is 6.58. The quantitative estimate of drug-likeness (QED) is 0.402. The molecule has 204 valence electrons. The number of nitrogens with zero attached hydrogens (tertiary/aromatic N) is 5. The van der Waals surface area contributed by atoms with Crippen molar-refractivity contribution >= 4 is 46.3 Å². The summed E-state index contributed by atoms with van der Waals surface area (Å²) < 4.78 is 41.0. The van der Waals surface area contributed by atoms with Crippen LogP contribution < -0.4 is 10.6 Å². The molecule has 0 aliphatic carbocycles. The van der Waals surface area contributed by atoms with Crippen molar-refractivity contribution in [3.63, 3.8) is 0 Å². The average Bonchev–Trinajstić information content (AvgIpc) is 3.55. The lowest BCUT2D eigenvalue weighted by molar-refractivity contribution is -0.137. The van der Waals surface area contributed by atoms with Crippen LogP contribution >= 0.6 is 22.9 Å². The number of halogens is 4. The molecule has 0 saturated carbocycles. The molecule has 0 radical (unpaired) electrons. The first-order valence-corrected chi connectivity index (χ1v) is 12.9. The molecule has 39 heavy (non-hydrogen) atoms. The minimum absolute atomic E-state index is 0.134. The lowest BCUT2D eigenvalue weighted by Crippen LogP contribution is -2.28. The number of pyridine rings is 1. The van der Waals surface area contributed by atoms with Gasteiger partial charge in [-0.15, -0.1) is 11.3 Å². The largest absolute Gasteiger partial charge is 0.418 e. The van der Waals surface area contributed by atoms with Crippen molar-refractivity contribution in [1.29, 1.82) is 0 Å². The van der Waals surface area contributed by atoms with Gasteiger partial charge in [-0.05, 0) is 38.3 Å². The summed E-state index contributed by atoms with van der Waals surface area (Å²) in [5.74, 6) is -1.29. The van der Waals surface area contributed by atoms with Gasteiger partial charge >= 0.3 is 6.18 Å². The molecule has 0 spiro atoms. The predicted octanol–water partition coefficient (Wildman–Crippen LogP) is 5.49. The molecular weight excluding hydrogens is 555 g/mol. The highest BCUT2D eigenvalue weighted by atomic mass is 35.5. The highest BCUT2D eigenvalue weighted by molar-refractivity contribution is 7.13. The molecule has 3 aromatic rings. The molecule has 1 aliphatic heterocycles. The highest BCUT2D eigenvalue weighted by Gasteiger charge is 2.34. The van der Waals surface area contributed by atoms with E-state index in [9.17, 15) is 22.8 Å². The second-order valence-corrected chi connectivity index (χ2v) is 10.1. The Hall–Kier alpha value is -3.84. The van der Waals surface area contributed by atoms with Crippen LogP contribution in [0.25, 0.3) is 0 Å². The van der Waals surface area contributed by atoms with Crippen LogP contribution in [0.5, 0.6) is 0 Å².